The molecule has 0 unspecified atom stereocenters. The van der Waals surface area contributed by atoms with Crippen LogP contribution in [0, 0.1) is 0 Å². The molecule has 0 aliphatic carbocycles. The van der Waals surface area contributed by atoms with E-state index in [1.165, 1.54) is 0 Å². The lowest BCUT2D eigenvalue weighted by atomic mass is 10.1. The molecule has 1 N–H and O–H groups in total. The molecule has 1 amide bonds. The van der Waals surface area contributed by atoms with Gasteiger partial charge in [-0.15, -0.1) is 0 Å². The van der Waals surface area contributed by atoms with Gasteiger partial charge in [-0.2, -0.15) is 0 Å². The van der Waals surface area contributed by atoms with Crippen LogP contribution < -0.4 is 24.3 Å². The number of benzene rings is 2. The van der Waals surface area contributed by atoms with Gasteiger partial charge in [0.2, 0.25) is 13.6 Å². The van der Waals surface area contributed by atoms with E-state index < -0.39 is 0 Å². The van der Waals surface area contributed by atoms with Gasteiger partial charge in [-0.3, -0.25) is 4.79 Å². The molecule has 0 fully saturated rings. The number of hydrogen-bond acceptors (Lipinski definition) is 7. The quantitative estimate of drug-likeness (QED) is 0.774. The summed E-state index contributed by atoms with van der Waals surface area (Å²) in [7, 11) is 0. The summed E-state index contributed by atoms with van der Waals surface area (Å²) in [6.45, 7) is 0.368. The largest absolute Gasteiger partial charge is 0.454 e. The monoisotopic (exact) mass is 352 g/mol. The minimum atomic E-state index is -0.389. The molecule has 130 valence electrons. The third-order valence-electron chi connectivity index (χ3n) is 4.03. The molecule has 5 rings (SSSR count). The average Bonchev–Trinajstić information content (AvgIpc) is 3.39. The zero-order valence-electron chi connectivity index (χ0n) is 13.4. The zero-order valence-corrected chi connectivity index (χ0v) is 13.4. The fraction of sp³-hybridized carbons (Fsp3) is 0.111. The van der Waals surface area contributed by atoms with Crippen LogP contribution in [0.1, 0.15) is 10.5 Å². The van der Waals surface area contributed by atoms with Crippen molar-refractivity contribution in [3.8, 4) is 34.3 Å². The van der Waals surface area contributed by atoms with Gasteiger partial charge in [0.1, 0.15) is 0 Å². The predicted octanol–water partition coefficient (Wildman–Crippen LogP) is 3.05. The molecule has 26 heavy (non-hydrogen) atoms. The Labute approximate surface area is 147 Å². The van der Waals surface area contributed by atoms with Gasteiger partial charge in [-0.25, -0.2) is 0 Å². The lowest BCUT2D eigenvalue weighted by Crippen LogP contribution is -2.12. The Hall–Kier alpha value is -3.68. The van der Waals surface area contributed by atoms with Crippen molar-refractivity contribution in [3.05, 3.63) is 48.2 Å². The van der Waals surface area contributed by atoms with E-state index in [0.717, 1.165) is 5.56 Å². The molecule has 2 aliphatic heterocycles. The fourth-order valence-corrected chi connectivity index (χ4v) is 2.74. The predicted molar refractivity (Wildman–Crippen MR) is 88.6 cm³/mol. The zero-order chi connectivity index (χ0) is 17.5. The van der Waals surface area contributed by atoms with Gasteiger partial charge in [0.25, 0.3) is 5.91 Å². The van der Waals surface area contributed by atoms with Gasteiger partial charge < -0.3 is 28.8 Å². The van der Waals surface area contributed by atoms with E-state index in [9.17, 15) is 4.79 Å². The summed E-state index contributed by atoms with van der Waals surface area (Å²) < 4.78 is 26.5. The normalized spacial score (nSPS) is 13.7. The highest BCUT2D eigenvalue weighted by Gasteiger charge is 2.19. The SMILES string of the molecule is O=C(Nc1ccc2c(c1)OCO2)c1cc(-c2ccc3c(c2)OCO3)on1. The second kappa shape index (κ2) is 5.69. The van der Waals surface area contributed by atoms with E-state index in [1.807, 2.05) is 6.07 Å². The maximum absolute atomic E-state index is 12.4. The second-order valence-corrected chi connectivity index (χ2v) is 5.67. The van der Waals surface area contributed by atoms with Gasteiger partial charge in [-0.1, -0.05) is 5.16 Å². The molecule has 0 spiro atoms. The molecular weight excluding hydrogens is 340 g/mol. The molecule has 8 nitrogen and oxygen atoms in total. The minimum Gasteiger partial charge on any atom is -0.454 e. The molecule has 0 radical (unpaired) electrons. The molecule has 0 bridgehead atoms. The average molecular weight is 352 g/mol. The first-order chi connectivity index (χ1) is 12.8. The molecule has 2 aromatic carbocycles. The Bertz CT molecular complexity index is 1010. The summed E-state index contributed by atoms with van der Waals surface area (Å²) in [4.78, 5) is 12.4. The van der Waals surface area contributed by atoms with E-state index in [0.29, 0.717) is 34.4 Å². The number of amides is 1. The van der Waals surface area contributed by atoms with Crippen molar-refractivity contribution < 1.29 is 28.3 Å². The number of rotatable bonds is 3. The summed E-state index contributed by atoms with van der Waals surface area (Å²) in [5.41, 5.74) is 1.48. The molecule has 3 aromatic rings. The third-order valence-corrected chi connectivity index (χ3v) is 4.03. The maximum atomic E-state index is 12.4. The Balaban J connectivity index is 1.35. The summed E-state index contributed by atoms with van der Waals surface area (Å²) in [6.07, 6.45) is 0. The second-order valence-electron chi connectivity index (χ2n) is 5.67. The van der Waals surface area contributed by atoms with Crippen LogP contribution in [0.3, 0.4) is 0 Å². The first-order valence-corrected chi connectivity index (χ1v) is 7.84. The Morgan fingerprint density at radius 3 is 2.35 bits per heavy atom. The van der Waals surface area contributed by atoms with Crippen molar-refractivity contribution in [2.24, 2.45) is 0 Å². The Morgan fingerprint density at radius 1 is 0.846 bits per heavy atom. The summed E-state index contributed by atoms with van der Waals surface area (Å²) in [5.74, 6) is 2.61. The molecule has 1 aromatic heterocycles. The summed E-state index contributed by atoms with van der Waals surface area (Å²) >= 11 is 0. The van der Waals surface area contributed by atoms with Gasteiger partial charge in [0.05, 0.1) is 0 Å². The number of ether oxygens (including phenoxy) is 4. The van der Waals surface area contributed by atoms with Crippen molar-refractivity contribution in [3.63, 3.8) is 0 Å². The first-order valence-electron chi connectivity index (χ1n) is 7.84. The van der Waals surface area contributed by atoms with Crippen LogP contribution in [0.2, 0.25) is 0 Å². The van der Waals surface area contributed by atoms with E-state index >= 15 is 0 Å². The van der Waals surface area contributed by atoms with Crippen LogP contribution in [0.5, 0.6) is 23.0 Å². The summed E-state index contributed by atoms with van der Waals surface area (Å²) in [6, 6.07) is 12.1. The van der Waals surface area contributed by atoms with Crippen LogP contribution in [0.25, 0.3) is 11.3 Å². The van der Waals surface area contributed by atoms with Gasteiger partial charge in [0.15, 0.2) is 34.5 Å². The molecular formula is C18H12N2O6. The molecule has 0 saturated carbocycles. The fourth-order valence-electron chi connectivity index (χ4n) is 2.74. The van der Waals surface area contributed by atoms with Crippen molar-refractivity contribution in [1.29, 1.82) is 0 Å². The van der Waals surface area contributed by atoms with Gasteiger partial charge >= 0.3 is 0 Å². The number of hydrogen-bond donors (Lipinski definition) is 1. The number of nitrogens with zero attached hydrogens (tertiary/aromatic N) is 1. The van der Waals surface area contributed by atoms with E-state index in [1.54, 1.807) is 36.4 Å². The number of fused-ring (bicyclic) bond motifs is 2. The highest BCUT2D eigenvalue weighted by Crippen LogP contribution is 2.36. The standard InChI is InChI=1S/C18H12N2O6/c21-18(19-11-2-4-14-17(6-11)25-9-23-14)12-7-15(26-20-12)10-1-3-13-16(5-10)24-8-22-13/h1-7H,8-9H2,(H,19,21). The van der Waals surface area contributed by atoms with E-state index in [2.05, 4.69) is 10.5 Å². The van der Waals surface area contributed by atoms with Crippen molar-refractivity contribution >= 4 is 11.6 Å². The van der Waals surface area contributed by atoms with Crippen molar-refractivity contribution in [2.45, 2.75) is 0 Å². The highest BCUT2D eigenvalue weighted by molar-refractivity contribution is 6.03. The van der Waals surface area contributed by atoms with Crippen LogP contribution >= 0.6 is 0 Å². The highest BCUT2D eigenvalue weighted by atomic mass is 16.7. The lowest BCUT2D eigenvalue weighted by Gasteiger charge is -2.03. The van der Waals surface area contributed by atoms with E-state index in [-0.39, 0.29) is 25.2 Å². The molecule has 2 aliphatic rings. The maximum Gasteiger partial charge on any atom is 0.277 e. The lowest BCUT2D eigenvalue weighted by molar-refractivity contribution is 0.101. The number of aromatic nitrogens is 1. The number of carbonyl (C=O) groups is 1. The van der Waals surface area contributed by atoms with E-state index in [4.69, 9.17) is 23.5 Å². The third kappa shape index (κ3) is 2.48. The minimum absolute atomic E-state index is 0.162. The molecule has 3 heterocycles. The van der Waals surface area contributed by atoms with Crippen LogP contribution in [-0.2, 0) is 0 Å². The van der Waals surface area contributed by atoms with Crippen molar-refractivity contribution in [2.75, 3.05) is 18.9 Å². The molecule has 0 atom stereocenters. The smallest absolute Gasteiger partial charge is 0.277 e. The van der Waals surface area contributed by atoms with Crippen molar-refractivity contribution in [1.82, 2.24) is 5.16 Å². The number of nitrogens with one attached hydrogen (secondary N) is 1. The summed E-state index contributed by atoms with van der Waals surface area (Å²) in [5, 5.41) is 6.59. The Morgan fingerprint density at radius 2 is 1.54 bits per heavy atom. The van der Waals surface area contributed by atoms with Crippen LogP contribution in [0.15, 0.2) is 47.0 Å². The van der Waals surface area contributed by atoms with Crippen LogP contribution in [-0.4, -0.2) is 24.6 Å². The number of carbonyl (C=O) groups excluding carboxylic acids is 1. The topological polar surface area (TPSA) is 92.1 Å². The van der Waals surface area contributed by atoms with Gasteiger partial charge in [-0.05, 0) is 30.3 Å². The molecule has 0 saturated heterocycles. The molecule has 8 heteroatoms. The first kappa shape index (κ1) is 14.6. The van der Waals surface area contributed by atoms with Gasteiger partial charge in [0, 0.05) is 23.4 Å². The number of anilines is 1. The van der Waals surface area contributed by atoms with Crippen LogP contribution in [0.4, 0.5) is 5.69 Å². The Kier molecular flexibility index (Phi) is 3.21.